The van der Waals surface area contributed by atoms with E-state index >= 15 is 0 Å². The Morgan fingerprint density at radius 1 is 1.11 bits per heavy atom. The normalized spacial score (nSPS) is 21.5. The number of piperidine rings is 1. The number of carboxylic acid groups (broad SMARTS) is 2. The number of alkyl halides is 6. The van der Waals surface area contributed by atoms with Crippen molar-refractivity contribution in [1.29, 1.82) is 0 Å². The number of thiazole rings is 1. The van der Waals surface area contributed by atoms with Gasteiger partial charge >= 0.3 is 24.3 Å². The van der Waals surface area contributed by atoms with Crippen molar-refractivity contribution in [2.45, 2.75) is 31.4 Å². The Morgan fingerprint density at radius 2 is 1.71 bits per heavy atom. The number of hydrogen-bond acceptors (Lipinski definition) is 8. The summed E-state index contributed by atoms with van der Waals surface area (Å²) in [7, 11) is 1.77. The summed E-state index contributed by atoms with van der Waals surface area (Å²) in [5, 5.41) is 17.5. The fourth-order valence-corrected chi connectivity index (χ4v) is 3.93. The van der Waals surface area contributed by atoms with Crippen LogP contribution >= 0.6 is 11.3 Å². The summed E-state index contributed by atoms with van der Waals surface area (Å²) >= 11 is 1.74. The van der Waals surface area contributed by atoms with Crippen molar-refractivity contribution in [2.24, 2.45) is 5.92 Å². The van der Waals surface area contributed by atoms with Gasteiger partial charge in [0.25, 0.3) is 0 Å². The summed E-state index contributed by atoms with van der Waals surface area (Å²) in [5.74, 6) is -4.85. The Kier molecular flexibility index (Phi) is 12.9. The molecule has 2 atom stereocenters. The van der Waals surface area contributed by atoms with Crippen molar-refractivity contribution in [3.63, 3.8) is 0 Å². The van der Waals surface area contributed by atoms with Crippen LogP contribution in [0.15, 0.2) is 11.6 Å². The van der Waals surface area contributed by atoms with Crippen molar-refractivity contribution in [3.05, 3.63) is 16.6 Å². The monoisotopic (exact) mass is 539 g/mol. The van der Waals surface area contributed by atoms with Crippen LogP contribution in [0.25, 0.3) is 0 Å². The Hall–Kier alpha value is -2.01. The zero-order chi connectivity index (χ0) is 26.6. The lowest BCUT2D eigenvalue weighted by Gasteiger charge is -2.37. The smallest absolute Gasteiger partial charge is 0.475 e. The average molecular weight is 539 g/mol. The number of likely N-dealkylation sites (tertiary alicyclic amines) is 1. The number of aliphatic carboxylic acids is 2. The van der Waals surface area contributed by atoms with E-state index in [2.05, 4.69) is 20.2 Å². The lowest BCUT2D eigenvalue weighted by Crippen LogP contribution is -2.46. The average Bonchev–Trinajstić information content (AvgIpc) is 3.17. The number of nitrogens with zero attached hydrogens (tertiary/aromatic N) is 3. The minimum absolute atomic E-state index is 0.381. The molecule has 35 heavy (non-hydrogen) atoms. The van der Waals surface area contributed by atoms with Gasteiger partial charge in [0.2, 0.25) is 0 Å². The molecule has 2 aliphatic rings. The molecule has 0 aromatic carbocycles. The zero-order valence-electron chi connectivity index (χ0n) is 18.7. The Morgan fingerprint density at radius 3 is 2.20 bits per heavy atom. The van der Waals surface area contributed by atoms with E-state index in [1.807, 2.05) is 6.20 Å². The maximum Gasteiger partial charge on any atom is 0.490 e. The largest absolute Gasteiger partial charge is 0.490 e. The second-order valence-corrected chi connectivity index (χ2v) is 8.50. The van der Waals surface area contributed by atoms with Gasteiger partial charge in [0.1, 0.15) is 5.01 Å². The van der Waals surface area contributed by atoms with Crippen LogP contribution in [0.5, 0.6) is 0 Å². The summed E-state index contributed by atoms with van der Waals surface area (Å²) in [4.78, 5) is 27.2. The molecule has 1 aromatic rings. The molecule has 0 unspecified atom stereocenters. The molecule has 0 aliphatic carbocycles. The highest BCUT2D eigenvalue weighted by Gasteiger charge is 2.39. The highest BCUT2D eigenvalue weighted by molar-refractivity contribution is 7.09. The first-order chi connectivity index (χ1) is 16.2. The van der Waals surface area contributed by atoms with E-state index in [0.717, 1.165) is 52.5 Å². The van der Waals surface area contributed by atoms with Gasteiger partial charge in [0, 0.05) is 50.8 Å². The van der Waals surface area contributed by atoms with E-state index in [1.54, 1.807) is 18.4 Å². The van der Waals surface area contributed by atoms with Crippen molar-refractivity contribution in [2.75, 3.05) is 53.0 Å². The SMILES string of the molecule is COCCN1CCO[C@@H]2CN(Cc3nccs3)CC[C@@H]2C1.O=C(O)C(F)(F)F.O=C(O)C(F)(F)F. The third kappa shape index (κ3) is 12.5. The van der Waals surface area contributed by atoms with E-state index in [4.69, 9.17) is 29.3 Å². The van der Waals surface area contributed by atoms with Gasteiger partial charge in [-0.25, -0.2) is 14.6 Å². The molecule has 16 heteroatoms. The van der Waals surface area contributed by atoms with Gasteiger partial charge < -0.3 is 19.7 Å². The molecule has 0 bridgehead atoms. The van der Waals surface area contributed by atoms with E-state index < -0.39 is 24.3 Å². The lowest BCUT2D eigenvalue weighted by atomic mass is 9.93. The number of carbonyl (C=O) groups is 2. The van der Waals surface area contributed by atoms with Gasteiger partial charge in [-0.2, -0.15) is 26.3 Å². The fourth-order valence-electron chi connectivity index (χ4n) is 3.27. The number of carboxylic acids is 2. The van der Waals surface area contributed by atoms with Gasteiger partial charge in [0.15, 0.2) is 0 Å². The van der Waals surface area contributed by atoms with Crippen LogP contribution in [0.4, 0.5) is 26.3 Å². The quantitative estimate of drug-likeness (QED) is 0.546. The number of rotatable bonds is 5. The first-order valence-corrected chi connectivity index (χ1v) is 11.2. The number of ether oxygens (including phenoxy) is 2. The lowest BCUT2D eigenvalue weighted by molar-refractivity contribution is -0.193. The summed E-state index contributed by atoms with van der Waals surface area (Å²) in [5.41, 5.74) is 0. The summed E-state index contributed by atoms with van der Waals surface area (Å²) < 4.78 is 74.8. The Balaban J connectivity index is 0.000000362. The topological polar surface area (TPSA) is 112 Å². The molecule has 2 N–H and O–H groups in total. The Bertz CT molecular complexity index is 741. The third-order valence-corrected chi connectivity index (χ3v) is 5.72. The molecule has 2 aliphatic heterocycles. The van der Waals surface area contributed by atoms with E-state index in [9.17, 15) is 26.3 Å². The molecule has 3 heterocycles. The maximum atomic E-state index is 10.6. The van der Waals surface area contributed by atoms with Gasteiger partial charge in [-0.3, -0.25) is 9.80 Å². The summed E-state index contributed by atoms with van der Waals surface area (Å²) in [6.45, 7) is 8.03. The molecule has 9 nitrogen and oxygen atoms in total. The summed E-state index contributed by atoms with van der Waals surface area (Å²) in [6, 6.07) is 0. The van der Waals surface area contributed by atoms with Crippen LogP contribution in [0.2, 0.25) is 0 Å². The standard InChI is InChI=1S/C15H25N3O2S.2C2HF3O2/c1-19-7-5-17-6-8-20-14-11-18(4-2-13(14)10-17)12-15-16-3-9-21-15;2*3-2(4,5)1(6)7/h3,9,13-14H,2,4-8,10-12H2,1H3;2*(H,6,7)/t13-,14-;;/m1../s1. The Labute approximate surface area is 201 Å². The number of hydrogen-bond donors (Lipinski definition) is 2. The van der Waals surface area contributed by atoms with E-state index in [1.165, 1.54) is 11.4 Å². The number of halogens is 6. The molecular formula is C19H27F6N3O6S. The molecule has 0 spiro atoms. The van der Waals surface area contributed by atoms with Crippen LogP contribution < -0.4 is 0 Å². The van der Waals surface area contributed by atoms with Crippen LogP contribution in [0.1, 0.15) is 11.4 Å². The number of fused-ring (bicyclic) bond motifs is 1. The predicted molar refractivity (Wildman–Crippen MR) is 111 cm³/mol. The first kappa shape index (κ1) is 31.0. The minimum Gasteiger partial charge on any atom is -0.475 e. The number of methoxy groups -OCH3 is 1. The molecular weight excluding hydrogens is 512 g/mol. The third-order valence-electron chi connectivity index (χ3n) is 4.95. The zero-order valence-corrected chi connectivity index (χ0v) is 19.5. The highest BCUT2D eigenvalue weighted by Crippen LogP contribution is 2.25. The summed E-state index contributed by atoms with van der Waals surface area (Å²) in [6.07, 6.45) is -6.67. The molecule has 1 aromatic heterocycles. The van der Waals surface area contributed by atoms with E-state index in [0.29, 0.717) is 12.0 Å². The maximum absolute atomic E-state index is 10.6. The van der Waals surface area contributed by atoms with Crippen molar-refractivity contribution < 1.29 is 55.6 Å². The van der Waals surface area contributed by atoms with Gasteiger partial charge in [0.05, 0.1) is 25.9 Å². The van der Waals surface area contributed by atoms with Gasteiger partial charge in [-0.1, -0.05) is 0 Å². The molecule has 2 saturated heterocycles. The van der Waals surface area contributed by atoms with Crippen molar-refractivity contribution in [3.8, 4) is 0 Å². The molecule has 3 rings (SSSR count). The molecule has 0 saturated carbocycles. The molecule has 0 amide bonds. The van der Waals surface area contributed by atoms with Crippen LogP contribution in [-0.2, 0) is 25.6 Å². The fraction of sp³-hybridized carbons (Fsp3) is 0.737. The molecule has 2 fully saturated rings. The predicted octanol–water partition coefficient (Wildman–Crippen LogP) is 2.58. The number of aromatic nitrogens is 1. The van der Waals surface area contributed by atoms with E-state index in [-0.39, 0.29) is 0 Å². The van der Waals surface area contributed by atoms with Crippen molar-refractivity contribution in [1.82, 2.24) is 14.8 Å². The first-order valence-electron chi connectivity index (χ1n) is 10.3. The highest BCUT2D eigenvalue weighted by atomic mass is 32.1. The van der Waals surface area contributed by atoms with Gasteiger partial charge in [-0.05, 0) is 13.0 Å². The molecule has 0 radical (unpaired) electrons. The van der Waals surface area contributed by atoms with Crippen LogP contribution in [0, 0.1) is 5.92 Å². The van der Waals surface area contributed by atoms with Crippen molar-refractivity contribution >= 4 is 23.3 Å². The van der Waals surface area contributed by atoms with Crippen LogP contribution in [0.3, 0.4) is 0 Å². The second kappa shape index (κ2) is 14.5. The van der Waals surface area contributed by atoms with Gasteiger partial charge in [-0.15, -0.1) is 11.3 Å². The van der Waals surface area contributed by atoms with Crippen LogP contribution in [-0.4, -0.2) is 108 Å². The second-order valence-electron chi connectivity index (χ2n) is 7.52. The minimum atomic E-state index is -5.08. The molecule has 202 valence electrons.